The van der Waals surface area contributed by atoms with Crippen LogP contribution in [0.2, 0.25) is 0 Å². The van der Waals surface area contributed by atoms with Crippen molar-refractivity contribution in [2.75, 3.05) is 5.32 Å². The van der Waals surface area contributed by atoms with Crippen molar-refractivity contribution in [3.05, 3.63) is 57.5 Å². The van der Waals surface area contributed by atoms with E-state index in [9.17, 15) is 0 Å². The summed E-state index contributed by atoms with van der Waals surface area (Å²) in [5.74, 6) is 0. The predicted octanol–water partition coefficient (Wildman–Crippen LogP) is 4.96. The molecule has 0 spiro atoms. The van der Waals surface area contributed by atoms with Gasteiger partial charge in [0.05, 0.1) is 5.69 Å². The Morgan fingerprint density at radius 2 is 1.60 bits per heavy atom. The first kappa shape index (κ1) is 10.7. The average Bonchev–Trinajstić information content (AvgIpc) is 2.25. The molecule has 1 N–H and O–H groups in total. The zero-order valence-electron chi connectivity index (χ0n) is 7.87. The summed E-state index contributed by atoms with van der Waals surface area (Å²) in [6.07, 6.45) is 0. The Balaban J connectivity index is 2.28. The van der Waals surface area contributed by atoms with E-state index in [1.54, 1.807) is 0 Å². The molecule has 0 unspecified atom stereocenters. The maximum absolute atomic E-state index is 3.50. The van der Waals surface area contributed by atoms with E-state index >= 15 is 0 Å². The third-order valence-corrected chi connectivity index (χ3v) is 3.17. The Kier molecular flexibility index (Phi) is 3.44. The summed E-state index contributed by atoms with van der Waals surface area (Å²) in [6.45, 7) is 0. The van der Waals surface area contributed by atoms with Gasteiger partial charge in [0.25, 0.3) is 0 Å². The molecule has 3 heteroatoms. The smallest absolute Gasteiger partial charge is 0.0539 e. The molecule has 2 rings (SSSR count). The van der Waals surface area contributed by atoms with Crippen molar-refractivity contribution < 1.29 is 0 Å². The minimum Gasteiger partial charge on any atom is -0.355 e. The number of anilines is 2. The monoisotopic (exact) mass is 325 g/mol. The van der Waals surface area contributed by atoms with Gasteiger partial charge in [0.2, 0.25) is 0 Å². The summed E-state index contributed by atoms with van der Waals surface area (Å²) >= 11 is 6.95. The van der Waals surface area contributed by atoms with E-state index in [2.05, 4.69) is 37.2 Å². The summed E-state index contributed by atoms with van der Waals surface area (Å²) in [7, 11) is 0. The minimum atomic E-state index is 1.05. The fraction of sp³-hybridized carbons (Fsp3) is 0. The second-order valence-electron chi connectivity index (χ2n) is 3.12. The second kappa shape index (κ2) is 4.81. The van der Waals surface area contributed by atoms with Gasteiger partial charge in [0.15, 0.2) is 0 Å². The largest absolute Gasteiger partial charge is 0.355 e. The Morgan fingerprint density at radius 1 is 0.867 bits per heavy atom. The number of benzene rings is 2. The molecule has 0 aliphatic carbocycles. The molecule has 0 bridgehead atoms. The third kappa shape index (κ3) is 2.83. The average molecular weight is 327 g/mol. The van der Waals surface area contributed by atoms with Crippen molar-refractivity contribution >= 4 is 43.2 Å². The van der Waals surface area contributed by atoms with Crippen LogP contribution in [0.5, 0.6) is 0 Å². The van der Waals surface area contributed by atoms with Crippen molar-refractivity contribution in [3.63, 3.8) is 0 Å². The van der Waals surface area contributed by atoms with Gasteiger partial charge >= 0.3 is 0 Å². The molecule has 0 aromatic heterocycles. The first-order chi connectivity index (χ1) is 7.25. The normalized spacial score (nSPS) is 10.0. The lowest BCUT2D eigenvalue weighted by Gasteiger charge is -2.08. The van der Waals surface area contributed by atoms with Gasteiger partial charge in [-0.2, -0.15) is 0 Å². The van der Waals surface area contributed by atoms with Crippen LogP contribution in [0.15, 0.2) is 57.5 Å². The van der Waals surface area contributed by atoms with Crippen LogP contribution in [-0.4, -0.2) is 0 Å². The Morgan fingerprint density at radius 3 is 2.33 bits per heavy atom. The predicted molar refractivity (Wildman–Crippen MR) is 71.6 cm³/mol. The number of hydrogen-bond donors (Lipinski definition) is 1. The van der Waals surface area contributed by atoms with Crippen LogP contribution in [0, 0.1) is 0 Å². The Labute approximate surface area is 106 Å². The highest BCUT2D eigenvalue weighted by molar-refractivity contribution is 9.11. The van der Waals surface area contributed by atoms with E-state index in [0.29, 0.717) is 0 Å². The molecule has 0 radical (unpaired) electrons. The summed E-state index contributed by atoms with van der Waals surface area (Å²) < 4.78 is 2.11. The maximum Gasteiger partial charge on any atom is 0.0539 e. The summed E-state index contributed by atoms with van der Waals surface area (Å²) in [6, 6.07) is 16.1. The second-order valence-corrected chi connectivity index (χ2v) is 4.89. The Bertz CT molecular complexity index is 454. The van der Waals surface area contributed by atoms with Crippen molar-refractivity contribution in [1.29, 1.82) is 0 Å². The lowest BCUT2D eigenvalue weighted by Crippen LogP contribution is -1.90. The zero-order chi connectivity index (χ0) is 10.7. The van der Waals surface area contributed by atoms with Crippen LogP contribution < -0.4 is 5.32 Å². The molecular formula is C12H9Br2N. The van der Waals surface area contributed by atoms with E-state index in [1.807, 2.05) is 48.5 Å². The molecule has 2 aromatic rings. The van der Waals surface area contributed by atoms with Gasteiger partial charge < -0.3 is 5.32 Å². The van der Waals surface area contributed by atoms with E-state index < -0.39 is 0 Å². The molecule has 15 heavy (non-hydrogen) atoms. The molecule has 1 nitrogen and oxygen atoms in total. The number of para-hydroxylation sites is 1. The molecule has 0 aliphatic heterocycles. The van der Waals surface area contributed by atoms with Crippen molar-refractivity contribution in [2.24, 2.45) is 0 Å². The molecular weight excluding hydrogens is 318 g/mol. The molecule has 0 amide bonds. The molecule has 2 aromatic carbocycles. The molecule has 0 saturated carbocycles. The first-order valence-electron chi connectivity index (χ1n) is 4.53. The zero-order valence-corrected chi connectivity index (χ0v) is 11.0. The number of rotatable bonds is 2. The topological polar surface area (TPSA) is 12.0 Å². The number of hydrogen-bond acceptors (Lipinski definition) is 1. The first-order valence-corrected chi connectivity index (χ1v) is 6.11. The Hall–Kier alpha value is -0.800. The highest BCUT2D eigenvalue weighted by Crippen LogP contribution is 2.28. The van der Waals surface area contributed by atoms with Crippen molar-refractivity contribution in [1.82, 2.24) is 0 Å². The van der Waals surface area contributed by atoms with Gasteiger partial charge in [0.1, 0.15) is 0 Å². The quantitative estimate of drug-likeness (QED) is 0.822. The minimum absolute atomic E-state index is 1.05. The van der Waals surface area contributed by atoms with Crippen LogP contribution >= 0.6 is 31.9 Å². The fourth-order valence-corrected chi connectivity index (χ4v) is 1.98. The summed E-state index contributed by atoms with van der Waals surface area (Å²) in [5, 5.41) is 3.34. The van der Waals surface area contributed by atoms with Gasteiger partial charge in [-0.3, -0.25) is 0 Å². The van der Waals surface area contributed by atoms with Gasteiger partial charge in [-0.05, 0) is 46.3 Å². The van der Waals surface area contributed by atoms with Crippen molar-refractivity contribution in [2.45, 2.75) is 0 Å². The maximum atomic E-state index is 3.50. The number of nitrogens with one attached hydrogen (secondary N) is 1. The third-order valence-electron chi connectivity index (χ3n) is 1.98. The standard InChI is InChI=1S/C12H9Br2N/c13-9-6-7-11(14)12(8-9)15-10-4-2-1-3-5-10/h1-8,15H. The molecule has 0 saturated heterocycles. The lowest BCUT2D eigenvalue weighted by atomic mass is 10.3. The SMILES string of the molecule is Brc1ccc(Br)c(Nc2ccccc2)c1. The molecule has 0 atom stereocenters. The fourth-order valence-electron chi connectivity index (χ4n) is 1.27. The van der Waals surface area contributed by atoms with E-state index in [0.717, 1.165) is 20.3 Å². The van der Waals surface area contributed by atoms with Crippen molar-refractivity contribution in [3.8, 4) is 0 Å². The van der Waals surface area contributed by atoms with Gasteiger partial charge in [-0.25, -0.2) is 0 Å². The van der Waals surface area contributed by atoms with E-state index in [4.69, 9.17) is 0 Å². The molecule has 0 aliphatic rings. The molecule has 76 valence electrons. The van der Waals surface area contributed by atoms with Gasteiger partial charge in [-0.1, -0.05) is 34.1 Å². The molecule has 0 heterocycles. The van der Waals surface area contributed by atoms with Gasteiger partial charge in [-0.15, -0.1) is 0 Å². The van der Waals surface area contributed by atoms with Crippen LogP contribution in [0.3, 0.4) is 0 Å². The molecule has 0 fully saturated rings. The van der Waals surface area contributed by atoms with E-state index in [-0.39, 0.29) is 0 Å². The summed E-state index contributed by atoms with van der Waals surface area (Å²) in [5.41, 5.74) is 2.13. The lowest BCUT2D eigenvalue weighted by molar-refractivity contribution is 1.51. The van der Waals surface area contributed by atoms with E-state index in [1.165, 1.54) is 0 Å². The van der Waals surface area contributed by atoms with Gasteiger partial charge in [0, 0.05) is 14.6 Å². The number of halogens is 2. The highest BCUT2D eigenvalue weighted by Gasteiger charge is 2.00. The van der Waals surface area contributed by atoms with Crippen LogP contribution in [0.4, 0.5) is 11.4 Å². The summed E-state index contributed by atoms with van der Waals surface area (Å²) in [4.78, 5) is 0. The highest BCUT2D eigenvalue weighted by atomic mass is 79.9. The van der Waals surface area contributed by atoms with Crippen LogP contribution in [-0.2, 0) is 0 Å². The van der Waals surface area contributed by atoms with Crippen LogP contribution in [0.1, 0.15) is 0 Å². The van der Waals surface area contributed by atoms with Crippen LogP contribution in [0.25, 0.3) is 0 Å².